The molecule has 1 aliphatic rings. The van der Waals surface area contributed by atoms with Crippen LogP contribution in [0.2, 0.25) is 0 Å². The molecule has 9 heteroatoms. The molecule has 0 spiro atoms. The molecule has 0 unspecified atom stereocenters. The van der Waals surface area contributed by atoms with E-state index in [2.05, 4.69) is 10.1 Å². The number of aryl methyl sites for hydroxylation is 1. The van der Waals surface area contributed by atoms with E-state index in [4.69, 9.17) is 15.7 Å². The van der Waals surface area contributed by atoms with Gasteiger partial charge in [-0.3, -0.25) is 14.5 Å². The Balaban J connectivity index is 1.61. The number of fused-ring (bicyclic) bond motifs is 2. The monoisotopic (exact) mass is 435 g/mol. The zero-order chi connectivity index (χ0) is 23.5. The summed E-state index contributed by atoms with van der Waals surface area (Å²) in [6, 6.07) is 12.4. The van der Waals surface area contributed by atoms with Crippen molar-refractivity contribution < 1.29 is 9.18 Å². The predicted octanol–water partition coefficient (Wildman–Crippen LogP) is 2.94. The summed E-state index contributed by atoms with van der Waals surface area (Å²) in [4.78, 5) is 20.3. The van der Waals surface area contributed by atoms with Gasteiger partial charge < -0.3 is 9.80 Å². The van der Waals surface area contributed by atoms with Crippen LogP contribution < -0.4 is 4.90 Å². The van der Waals surface area contributed by atoms with Crippen molar-refractivity contribution in [3.05, 3.63) is 77.5 Å². The molecule has 33 heavy (non-hydrogen) atoms. The molecule has 2 aromatic heterocycles. The van der Waals surface area contributed by atoms with Crippen LogP contribution in [0.25, 0.3) is 22.0 Å². The van der Waals surface area contributed by atoms with Gasteiger partial charge in [0, 0.05) is 55.5 Å². The average molecular weight is 435 g/mol. The van der Waals surface area contributed by atoms with Crippen molar-refractivity contribution in [2.24, 2.45) is 7.05 Å². The quantitative estimate of drug-likeness (QED) is 0.463. The van der Waals surface area contributed by atoms with Crippen molar-refractivity contribution in [2.45, 2.75) is 11.9 Å². The van der Waals surface area contributed by atoms with Gasteiger partial charge in [0.25, 0.3) is 5.91 Å². The van der Waals surface area contributed by atoms with Crippen LogP contribution in [-0.2, 0) is 18.9 Å². The van der Waals surface area contributed by atoms with Crippen molar-refractivity contribution in [3.8, 4) is 11.1 Å². The van der Waals surface area contributed by atoms with Crippen molar-refractivity contribution in [2.75, 3.05) is 19.0 Å². The number of nitrogens with zero attached hydrogens (tertiary/aromatic N) is 5. The number of benzene rings is 2. The molecule has 0 atom stereocenters. The summed E-state index contributed by atoms with van der Waals surface area (Å²) in [5, 5.41) is 3.74. The average Bonchev–Trinajstić information content (AvgIpc) is 3.24. The number of carbonyl (C=O) groups is 1. The lowest BCUT2D eigenvalue weighted by molar-refractivity contribution is 0.0730. The minimum atomic E-state index is -1.64. The van der Waals surface area contributed by atoms with E-state index >= 15 is 4.39 Å². The fraction of sp³-hybridized carbons (Fsp3) is 0.208. The number of anilines is 1. The van der Waals surface area contributed by atoms with E-state index in [9.17, 15) is 4.79 Å². The van der Waals surface area contributed by atoms with E-state index in [0.717, 1.165) is 16.5 Å². The van der Waals surface area contributed by atoms with Crippen LogP contribution >= 0.6 is 0 Å². The number of hydrogen-bond donors (Lipinski definition) is 0. The summed E-state index contributed by atoms with van der Waals surface area (Å²) in [7, 11) is 18.1. The maximum absolute atomic E-state index is 15.6. The number of halogens is 1. The van der Waals surface area contributed by atoms with Gasteiger partial charge in [0.2, 0.25) is 0 Å². The zero-order valence-electron chi connectivity index (χ0n) is 18.6. The Labute approximate surface area is 193 Å². The molecule has 6 nitrogen and oxygen atoms in total. The molecule has 5 rings (SSSR count). The summed E-state index contributed by atoms with van der Waals surface area (Å²) in [5.74, 6) is -0.832. The highest BCUT2D eigenvalue weighted by molar-refractivity contribution is 6.42. The highest BCUT2D eigenvalue weighted by Crippen LogP contribution is 2.38. The Hall–Kier alpha value is -3.61. The molecule has 2 aromatic carbocycles. The number of rotatable bonds is 4. The summed E-state index contributed by atoms with van der Waals surface area (Å²) in [5.41, 5.74) is 3.96. The van der Waals surface area contributed by atoms with Gasteiger partial charge in [-0.1, -0.05) is 12.1 Å². The van der Waals surface area contributed by atoms with Gasteiger partial charge in [0.1, 0.15) is 5.82 Å². The summed E-state index contributed by atoms with van der Waals surface area (Å²) in [6.07, 6.45) is 3.44. The molecule has 4 radical (unpaired) electrons. The van der Waals surface area contributed by atoms with Crippen LogP contribution in [0, 0.1) is 5.82 Å². The first-order chi connectivity index (χ1) is 15.7. The summed E-state index contributed by atoms with van der Waals surface area (Å²) in [6.45, 7) is -0.0983. The number of pyridine rings is 1. The largest absolute Gasteiger partial charge is 0.377 e. The van der Waals surface area contributed by atoms with E-state index in [0.29, 0.717) is 22.4 Å². The fourth-order valence-corrected chi connectivity index (χ4v) is 4.45. The van der Waals surface area contributed by atoms with Gasteiger partial charge in [-0.2, -0.15) is 5.10 Å². The highest BCUT2D eigenvalue weighted by Gasteiger charge is 2.43. The van der Waals surface area contributed by atoms with E-state index < -0.39 is 11.2 Å². The lowest BCUT2D eigenvalue weighted by Crippen LogP contribution is -2.45. The molecule has 1 aliphatic heterocycles. The Morgan fingerprint density at radius 3 is 2.61 bits per heavy atom. The first-order valence-electron chi connectivity index (χ1n) is 10.5. The molecule has 0 saturated heterocycles. The molecule has 0 saturated carbocycles. The molecule has 4 aromatic rings. The second-order valence-electron chi connectivity index (χ2n) is 8.51. The Morgan fingerprint density at radius 2 is 1.88 bits per heavy atom. The predicted molar refractivity (Wildman–Crippen MR) is 128 cm³/mol. The Morgan fingerprint density at radius 1 is 1.12 bits per heavy atom. The van der Waals surface area contributed by atoms with Crippen LogP contribution in [0.15, 0.2) is 54.9 Å². The first kappa shape index (κ1) is 21.2. The minimum absolute atomic E-state index is 0.0983. The van der Waals surface area contributed by atoms with Crippen molar-refractivity contribution >= 4 is 38.2 Å². The van der Waals surface area contributed by atoms with Gasteiger partial charge in [0.05, 0.1) is 39.0 Å². The lowest BCUT2D eigenvalue weighted by atomic mass is 9.59. The van der Waals surface area contributed by atoms with Crippen LogP contribution in [0.5, 0.6) is 0 Å². The molecule has 3 heterocycles. The SMILES string of the molecule is [B]C1([B])c2ncccc2C(=O)N1Cc1c(F)cc(-c2cccc3nn(C)cc23)cc1N(C)C. The normalized spacial score (nSPS) is 14.7. The van der Waals surface area contributed by atoms with Gasteiger partial charge in [-0.25, -0.2) is 4.39 Å². The summed E-state index contributed by atoms with van der Waals surface area (Å²) < 4.78 is 17.4. The molecule has 1 amide bonds. The standard InChI is InChI=1S/C24H20B2FN5O/c1-30(2)21-11-14(15-6-4-8-20-17(15)12-31(3)29-20)10-19(27)18(21)13-32-23(33)16-7-5-9-28-22(16)24(32,25)26/h4-12H,13H2,1-3H3. The van der Waals surface area contributed by atoms with Gasteiger partial charge in [-0.05, 0) is 41.5 Å². The molecule has 0 bridgehead atoms. The maximum atomic E-state index is 15.6. The van der Waals surface area contributed by atoms with E-state index in [-0.39, 0.29) is 18.1 Å². The molecular weight excluding hydrogens is 415 g/mol. The van der Waals surface area contributed by atoms with Crippen molar-refractivity contribution in [1.82, 2.24) is 19.7 Å². The number of hydrogen-bond acceptors (Lipinski definition) is 4. The van der Waals surface area contributed by atoms with Crippen LogP contribution in [0.3, 0.4) is 0 Å². The smallest absolute Gasteiger partial charge is 0.255 e. The first-order valence-corrected chi connectivity index (χ1v) is 10.5. The summed E-state index contributed by atoms with van der Waals surface area (Å²) >= 11 is 0. The van der Waals surface area contributed by atoms with Crippen LogP contribution in [0.1, 0.15) is 21.6 Å². The van der Waals surface area contributed by atoms with Crippen molar-refractivity contribution in [3.63, 3.8) is 0 Å². The Bertz CT molecular complexity index is 1420. The molecular formula is C24H20B2FN5O. The number of amides is 1. The molecule has 0 aliphatic carbocycles. The second kappa shape index (κ2) is 7.47. The molecule has 0 N–H and O–H groups in total. The van der Waals surface area contributed by atoms with Gasteiger partial charge in [-0.15, -0.1) is 0 Å². The van der Waals surface area contributed by atoms with Crippen LogP contribution in [0.4, 0.5) is 10.1 Å². The maximum Gasteiger partial charge on any atom is 0.255 e. The minimum Gasteiger partial charge on any atom is -0.377 e. The highest BCUT2D eigenvalue weighted by atomic mass is 19.1. The Kier molecular flexibility index (Phi) is 4.81. The third kappa shape index (κ3) is 3.30. The topological polar surface area (TPSA) is 54.3 Å². The van der Waals surface area contributed by atoms with E-state index in [1.54, 1.807) is 16.8 Å². The lowest BCUT2D eigenvalue weighted by Gasteiger charge is -2.34. The van der Waals surface area contributed by atoms with Gasteiger partial charge >= 0.3 is 0 Å². The van der Waals surface area contributed by atoms with Crippen molar-refractivity contribution in [1.29, 1.82) is 0 Å². The fourth-order valence-electron chi connectivity index (χ4n) is 4.45. The van der Waals surface area contributed by atoms with Crippen LogP contribution in [-0.4, -0.2) is 55.4 Å². The zero-order valence-corrected chi connectivity index (χ0v) is 18.6. The molecule has 160 valence electrons. The molecule has 0 fully saturated rings. The van der Waals surface area contributed by atoms with E-state index in [1.807, 2.05) is 56.5 Å². The third-order valence-corrected chi connectivity index (χ3v) is 6.05. The van der Waals surface area contributed by atoms with E-state index in [1.165, 1.54) is 17.2 Å². The second-order valence-corrected chi connectivity index (χ2v) is 8.51. The number of aromatic nitrogens is 3. The van der Waals surface area contributed by atoms with Gasteiger partial charge in [0.15, 0.2) is 0 Å². The third-order valence-electron chi connectivity index (χ3n) is 6.05. The number of carbonyl (C=O) groups excluding carboxylic acids is 1.